The predicted octanol–water partition coefficient (Wildman–Crippen LogP) is 1.18. The Morgan fingerprint density at radius 1 is 1.40 bits per heavy atom. The van der Waals surface area contributed by atoms with E-state index in [4.69, 9.17) is 0 Å². The summed E-state index contributed by atoms with van der Waals surface area (Å²) in [6.07, 6.45) is 4.60. The van der Waals surface area contributed by atoms with Gasteiger partial charge in [0.25, 0.3) is 0 Å². The molecule has 1 aromatic rings. The zero-order valence-corrected chi connectivity index (χ0v) is 5.14. The van der Waals surface area contributed by atoms with Crippen LogP contribution < -0.4 is 0 Å². The molecular weight excluding hydrogens is 130 g/mol. The molecule has 0 fully saturated rings. The molecule has 0 aliphatic carbocycles. The Hall–Kier alpha value is -1.58. The van der Waals surface area contributed by atoms with E-state index in [1.807, 2.05) is 0 Å². The fraction of sp³-hybridized carbons (Fsp3) is 0. The molecule has 0 saturated carbocycles. The highest BCUT2D eigenvalue weighted by Crippen LogP contribution is 1.90. The van der Waals surface area contributed by atoms with E-state index in [0.717, 1.165) is 5.56 Å². The summed E-state index contributed by atoms with van der Waals surface area (Å²) in [7, 11) is 0. The van der Waals surface area contributed by atoms with Crippen molar-refractivity contribution < 1.29 is 0 Å². The summed E-state index contributed by atoms with van der Waals surface area (Å²) in [5, 5.41) is 5.49. The third-order valence-electron chi connectivity index (χ3n) is 0.960. The number of aromatic nitrogens is 1. The van der Waals surface area contributed by atoms with Gasteiger partial charge in [0, 0.05) is 12.4 Å². The van der Waals surface area contributed by atoms with Crippen LogP contribution in [0.3, 0.4) is 0 Å². The van der Waals surface area contributed by atoms with Crippen molar-refractivity contribution in [3.05, 3.63) is 35.0 Å². The van der Waals surface area contributed by atoms with Crippen LogP contribution in [-0.4, -0.2) is 11.2 Å². The van der Waals surface area contributed by atoms with E-state index < -0.39 is 0 Å². The molecule has 0 saturated heterocycles. The molecule has 0 atom stereocenters. The number of hydrogen-bond donors (Lipinski definition) is 0. The Labute approximate surface area is 57.6 Å². The van der Waals surface area contributed by atoms with Gasteiger partial charge < -0.3 is 0 Å². The summed E-state index contributed by atoms with van der Waals surface area (Å²) in [6.45, 7) is 0. The molecule has 4 nitrogen and oxygen atoms in total. The van der Waals surface area contributed by atoms with Gasteiger partial charge in [0.05, 0.1) is 11.5 Å². The van der Waals surface area contributed by atoms with Crippen LogP contribution in [0.15, 0.2) is 34.9 Å². The molecule has 1 rings (SSSR count). The van der Waals surface area contributed by atoms with Gasteiger partial charge in [0.1, 0.15) is 0 Å². The Morgan fingerprint density at radius 3 is 2.70 bits per heavy atom. The molecule has 0 N–H and O–H groups in total. The minimum absolute atomic E-state index is 0.814. The summed E-state index contributed by atoms with van der Waals surface area (Å²) >= 11 is 0. The third-order valence-corrected chi connectivity index (χ3v) is 0.960. The van der Waals surface area contributed by atoms with Gasteiger partial charge in [-0.2, -0.15) is 0 Å². The van der Waals surface area contributed by atoms with Crippen molar-refractivity contribution in [2.24, 2.45) is 10.4 Å². The minimum atomic E-state index is 0.814. The molecule has 0 aliphatic heterocycles. The first-order chi connectivity index (χ1) is 4.93. The summed E-state index contributed by atoms with van der Waals surface area (Å²) in [5.74, 6) is 0. The number of nitrogens with zero attached hydrogens (tertiary/aromatic N) is 3. The predicted molar refractivity (Wildman–Crippen MR) is 37.6 cm³/mol. The average Bonchev–Trinajstić information content (AvgIpc) is 2.03. The second-order valence-electron chi connectivity index (χ2n) is 1.61. The monoisotopic (exact) mass is 135 g/mol. The van der Waals surface area contributed by atoms with Crippen LogP contribution in [0, 0.1) is 4.91 Å². The highest BCUT2D eigenvalue weighted by atomic mass is 16.3. The first-order valence-electron chi connectivity index (χ1n) is 2.69. The second-order valence-corrected chi connectivity index (χ2v) is 1.61. The topological polar surface area (TPSA) is 54.7 Å². The zero-order valence-electron chi connectivity index (χ0n) is 5.14. The Kier molecular flexibility index (Phi) is 2.25. The van der Waals surface area contributed by atoms with Gasteiger partial charge in [0.15, 0.2) is 0 Å². The summed E-state index contributed by atoms with van der Waals surface area (Å²) < 4.78 is 0. The number of pyridine rings is 1. The molecule has 1 heterocycles. The maximum Gasteiger partial charge on any atom is 0.0797 e. The van der Waals surface area contributed by atoms with Gasteiger partial charge in [0.2, 0.25) is 0 Å². The van der Waals surface area contributed by atoms with Crippen molar-refractivity contribution >= 4 is 6.21 Å². The maximum atomic E-state index is 9.51. The lowest BCUT2D eigenvalue weighted by Crippen LogP contribution is -1.78. The first-order valence-corrected chi connectivity index (χ1v) is 2.69. The van der Waals surface area contributed by atoms with Gasteiger partial charge in [-0.15, -0.1) is 10.0 Å². The fourth-order valence-corrected chi connectivity index (χ4v) is 0.540. The molecule has 1 aromatic heterocycles. The van der Waals surface area contributed by atoms with Crippen LogP contribution in [0.1, 0.15) is 5.56 Å². The molecule has 50 valence electrons. The third kappa shape index (κ3) is 1.74. The molecule has 0 spiro atoms. The molecular formula is C6H5N3O. The van der Waals surface area contributed by atoms with Crippen molar-refractivity contribution in [3.8, 4) is 0 Å². The van der Waals surface area contributed by atoms with E-state index in [2.05, 4.69) is 15.4 Å². The molecule has 0 radical (unpaired) electrons. The van der Waals surface area contributed by atoms with Gasteiger partial charge in [-0.05, 0) is 17.7 Å². The van der Waals surface area contributed by atoms with Crippen molar-refractivity contribution in [1.29, 1.82) is 0 Å². The van der Waals surface area contributed by atoms with Gasteiger partial charge in [-0.1, -0.05) is 0 Å². The molecule has 10 heavy (non-hydrogen) atoms. The second kappa shape index (κ2) is 3.45. The highest BCUT2D eigenvalue weighted by molar-refractivity contribution is 5.78. The Morgan fingerprint density at radius 2 is 2.10 bits per heavy atom. The van der Waals surface area contributed by atoms with E-state index in [1.54, 1.807) is 24.5 Å². The van der Waals surface area contributed by atoms with E-state index in [0.29, 0.717) is 0 Å². The number of rotatable bonds is 2. The highest BCUT2D eigenvalue weighted by Gasteiger charge is 1.81. The molecule has 0 unspecified atom stereocenters. The molecule has 0 amide bonds. The van der Waals surface area contributed by atoms with E-state index in [1.165, 1.54) is 6.21 Å². The van der Waals surface area contributed by atoms with E-state index in [-0.39, 0.29) is 0 Å². The van der Waals surface area contributed by atoms with Crippen LogP contribution in [0.4, 0.5) is 0 Å². The van der Waals surface area contributed by atoms with E-state index in [9.17, 15) is 4.91 Å². The van der Waals surface area contributed by atoms with Crippen molar-refractivity contribution in [3.63, 3.8) is 0 Å². The summed E-state index contributed by atoms with van der Waals surface area (Å²) in [4.78, 5) is 13.3. The first kappa shape index (κ1) is 6.54. The van der Waals surface area contributed by atoms with Crippen molar-refractivity contribution in [2.75, 3.05) is 0 Å². The standard InChI is InChI=1S/C6H5N3O/c10-9-8-5-6-1-3-7-4-2-6/h1-5H. The quantitative estimate of drug-likeness (QED) is 0.347. The van der Waals surface area contributed by atoms with Crippen LogP contribution in [0.25, 0.3) is 0 Å². The fourth-order valence-electron chi connectivity index (χ4n) is 0.540. The van der Waals surface area contributed by atoms with Gasteiger partial charge in [-0.3, -0.25) is 4.98 Å². The Balaban J connectivity index is 2.76. The molecule has 0 bridgehead atoms. The minimum Gasteiger partial charge on any atom is -0.265 e. The van der Waals surface area contributed by atoms with Gasteiger partial charge in [-0.25, -0.2) is 0 Å². The lowest BCUT2D eigenvalue weighted by atomic mass is 10.3. The normalized spacial score (nSPS) is 10.0. The average molecular weight is 135 g/mol. The molecule has 0 aromatic carbocycles. The number of hydrogen-bond acceptors (Lipinski definition) is 3. The van der Waals surface area contributed by atoms with Gasteiger partial charge >= 0.3 is 0 Å². The van der Waals surface area contributed by atoms with Crippen LogP contribution >= 0.6 is 0 Å². The molecule has 0 aliphatic rings. The lowest BCUT2D eigenvalue weighted by molar-refractivity contribution is 1.23. The van der Waals surface area contributed by atoms with Crippen LogP contribution in [0.2, 0.25) is 0 Å². The van der Waals surface area contributed by atoms with Crippen LogP contribution in [0.5, 0.6) is 0 Å². The summed E-state index contributed by atoms with van der Waals surface area (Å²) in [6, 6.07) is 3.46. The number of nitroso groups, excluding NO2 is 1. The largest absolute Gasteiger partial charge is 0.265 e. The molecule has 4 heteroatoms. The summed E-state index contributed by atoms with van der Waals surface area (Å²) in [5.41, 5.74) is 0.814. The Bertz CT molecular complexity index is 232. The maximum absolute atomic E-state index is 9.51. The lowest BCUT2D eigenvalue weighted by Gasteiger charge is -1.84. The van der Waals surface area contributed by atoms with Crippen LogP contribution in [-0.2, 0) is 0 Å². The SMILES string of the molecule is O=NN=Cc1ccncc1. The smallest absolute Gasteiger partial charge is 0.0797 e. The van der Waals surface area contributed by atoms with Crippen molar-refractivity contribution in [1.82, 2.24) is 4.98 Å². The van der Waals surface area contributed by atoms with Crippen molar-refractivity contribution in [2.45, 2.75) is 0 Å². The van der Waals surface area contributed by atoms with E-state index >= 15 is 0 Å². The zero-order chi connectivity index (χ0) is 7.23.